The molecule has 162 valence electrons. The third-order valence-electron chi connectivity index (χ3n) is 6.30. The normalized spacial score (nSPS) is 19.0. The molecule has 2 aliphatic rings. The third kappa shape index (κ3) is 4.24. The fraction of sp³-hybridized carbons (Fsp3) is 0.478. The summed E-state index contributed by atoms with van der Waals surface area (Å²) in [5, 5.41) is 12.5. The van der Waals surface area contributed by atoms with Crippen LogP contribution in [-0.4, -0.2) is 37.3 Å². The van der Waals surface area contributed by atoms with Crippen LogP contribution in [0.25, 0.3) is 11.3 Å². The lowest BCUT2D eigenvalue weighted by atomic mass is 9.99. The summed E-state index contributed by atoms with van der Waals surface area (Å²) in [6.07, 6.45) is 9.56. The maximum absolute atomic E-state index is 14.2. The SMILES string of the molecule is O=C(CCc1conc1-c1ccccc1F)N1CCCCC1c1nncn1CC1CC1. The first-order valence-corrected chi connectivity index (χ1v) is 11.1. The molecule has 3 aromatic rings. The molecule has 1 saturated carbocycles. The van der Waals surface area contributed by atoms with Gasteiger partial charge in [0.05, 0.1) is 6.04 Å². The van der Waals surface area contributed by atoms with Crippen molar-refractivity contribution >= 4 is 5.91 Å². The zero-order valence-electron chi connectivity index (χ0n) is 17.4. The lowest BCUT2D eigenvalue weighted by Gasteiger charge is -2.35. The van der Waals surface area contributed by atoms with E-state index in [1.54, 1.807) is 24.5 Å². The molecule has 0 radical (unpaired) electrons. The Morgan fingerprint density at radius 2 is 2.06 bits per heavy atom. The molecule has 0 bridgehead atoms. The average Bonchev–Trinajstić information content (AvgIpc) is 3.29. The van der Waals surface area contributed by atoms with E-state index in [1.807, 2.05) is 4.90 Å². The summed E-state index contributed by atoms with van der Waals surface area (Å²) in [7, 11) is 0. The number of nitrogens with zero attached hydrogens (tertiary/aromatic N) is 5. The van der Waals surface area contributed by atoms with E-state index >= 15 is 0 Å². The van der Waals surface area contributed by atoms with Crippen LogP contribution >= 0.6 is 0 Å². The van der Waals surface area contributed by atoms with Gasteiger partial charge in [0.1, 0.15) is 24.1 Å². The van der Waals surface area contributed by atoms with Gasteiger partial charge in [-0.3, -0.25) is 4.79 Å². The van der Waals surface area contributed by atoms with Crippen LogP contribution in [0.3, 0.4) is 0 Å². The number of carbonyl (C=O) groups excluding carboxylic acids is 1. The number of aryl methyl sites for hydroxylation is 1. The first kappa shape index (κ1) is 19.9. The third-order valence-corrected chi connectivity index (χ3v) is 6.30. The van der Waals surface area contributed by atoms with Crippen molar-refractivity contribution in [1.29, 1.82) is 0 Å². The van der Waals surface area contributed by atoms with E-state index in [2.05, 4.69) is 19.9 Å². The van der Waals surface area contributed by atoms with Crippen molar-refractivity contribution in [3.63, 3.8) is 0 Å². The van der Waals surface area contributed by atoms with Crippen LogP contribution in [0, 0.1) is 11.7 Å². The van der Waals surface area contributed by atoms with Crippen LogP contribution in [0.4, 0.5) is 4.39 Å². The summed E-state index contributed by atoms with van der Waals surface area (Å²) in [6.45, 7) is 1.66. The number of piperidine rings is 1. The second-order valence-electron chi connectivity index (χ2n) is 8.55. The first-order chi connectivity index (χ1) is 15.2. The highest BCUT2D eigenvalue weighted by Crippen LogP contribution is 2.34. The second kappa shape index (κ2) is 8.61. The summed E-state index contributed by atoms with van der Waals surface area (Å²) < 4.78 is 21.4. The van der Waals surface area contributed by atoms with Crippen LogP contribution in [0.1, 0.15) is 56.0 Å². The Balaban J connectivity index is 1.30. The van der Waals surface area contributed by atoms with Crippen LogP contribution in [-0.2, 0) is 17.8 Å². The molecule has 0 N–H and O–H groups in total. The van der Waals surface area contributed by atoms with Crippen molar-refractivity contribution in [2.45, 2.75) is 57.5 Å². The van der Waals surface area contributed by atoms with Crippen molar-refractivity contribution in [2.24, 2.45) is 5.92 Å². The van der Waals surface area contributed by atoms with Crippen LogP contribution < -0.4 is 0 Å². The molecule has 2 aromatic heterocycles. The lowest BCUT2D eigenvalue weighted by Crippen LogP contribution is -2.39. The van der Waals surface area contributed by atoms with Crippen LogP contribution in [0.2, 0.25) is 0 Å². The van der Waals surface area contributed by atoms with E-state index in [9.17, 15) is 9.18 Å². The highest BCUT2D eigenvalue weighted by atomic mass is 19.1. The minimum absolute atomic E-state index is 0.0315. The second-order valence-corrected chi connectivity index (χ2v) is 8.55. The predicted octanol–water partition coefficient (Wildman–Crippen LogP) is 4.17. The molecule has 1 atom stereocenters. The quantitative estimate of drug-likeness (QED) is 0.570. The van der Waals surface area contributed by atoms with E-state index in [0.29, 0.717) is 30.0 Å². The van der Waals surface area contributed by atoms with E-state index in [4.69, 9.17) is 4.52 Å². The number of hydrogen-bond donors (Lipinski definition) is 0. The Morgan fingerprint density at radius 1 is 1.19 bits per heavy atom. The van der Waals surface area contributed by atoms with Gasteiger partial charge in [0.25, 0.3) is 0 Å². The van der Waals surface area contributed by atoms with Gasteiger partial charge in [-0.25, -0.2) is 4.39 Å². The molecule has 1 amide bonds. The Bertz CT molecular complexity index is 1060. The van der Waals surface area contributed by atoms with Crippen molar-refractivity contribution in [1.82, 2.24) is 24.8 Å². The number of carbonyl (C=O) groups is 1. The standard InChI is InChI=1S/C23H26FN5O2/c24-19-6-2-1-5-18(19)22-17(14-31-27-22)10-11-21(30)29-12-4-3-7-20(29)23-26-25-15-28(23)13-16-8-9-16/h1-2,5-6,14-16,20H,3-4,7-13H2. The molecule has 7 nitrogen and oxygen atoms in total. The average molecular weight is 423 g/mol. The number of rotatable bonds is 7. The molecule has 1 aliphatic heterocycles. The Kier molecular flexibility index (Phi) is 5.53. The number of hydrogen-bond acceptors (Lipinski definition) is 5. The monoisotopic (exact) mass is 423 g/mol. The number of likely N-dealkylation sites (tertiary alicyclic amines) is 1. The predicted molar refractivity (Wildman–Crippen MR) is 111 cm³/mol. The number of halogens is 1. The molecule has 1 saturated heterocycles. The minimum atomic E-state index is -0.352. The molecule has 1 unspecified atom stereocenters. The first-order valence-electron chi connectivity index (χ1n) is 11.1. The van der Waals surface area contributed by atoms with Gasteiger partial charge in [0.15, 0.2) is 5.82 Å². The van der Waals surface area contributed by atoms with Crippen molar-refractivity contribution < 1.29 is 13.7 Å². The zero-order chi connectivity index (χ0) is 21.2. The van der Waals surface area contributed by atoms with Crippen molar-refractivity contribution in [3.8, 4) is 11.3 Å². The fourth-order valence-corrected chi connectivity index (χ4v) is 4.43. The highest BCUT2D eigenvalue weighted by Gasteiger charge is 2.32. The molecule has 3 heterocycles. The van der Waals surface area contributed by atoms with Crippen molar-refractivity contribution in [2.75, 3.05) is 6.54 Å². The topological polar surface area (TPSA) is 77.1 Å². The summed E-state index contributed by atoms with van der Waals surface area (Å²) in [4.78, 5) is 15.2. The van der Waals surface area contributed by atoms with Gasteiger partial charge in [0.2, 0.25) is 5.91 Å². The van der Waals surface area contributed by atoms with Gasteiger partial charge in [-0.1, -0.05) is 17.3 Å². The summed E-state index contributed by atoms with van der Waals surface area (Å²) >= 11 is 0. The molecule has 8 heteroatoms. The molecular formula is C23H26FN5O2. The Hall–Kier alpha value is -3.03. The maximum Gasteiger partial charge on any atom is 0.223 e. The van der Waals surface area contributed by atoms with Crippen LogP contribution in [0.15, 0.2) is 41.4 Å². The minimum Gasteiger partial charge on any atom is -0.364 e. The smallest absolute Gasteiger partial charge is 0.223 e. The summed E-state index contributed by atoms with van der Waals surface area (Å²) in [5.41, 5.74) is 1.59. The molecule has 0 spiro atoms. The van der Waals surface area contributed by atoms with Gasteiger partial charge in [-0.05, 0) is 56.6 Å². The molecule has 2 fully saturated rings. The van der Waals surface area contributed by atoms with Gasteiger partial charge in [-0.15, -0.1) is 10.2 Å². The molecule has 5 rings (SSSR count). The van der Waals surface area contributed by atoms with Gasteiger partial charge in [0, 0.05) is 30.6 Å². The van der Waals surface area contributed by atoms with Gasteiger partial charge in [-0.2, -0.15) is 0 Å². The molecule has 1 aromatic carbocycles. The van der Waals surface area contributed by atoms with Crippen LogP contribution in [0.5, 0.6) is 0 Å². The van der Waals surface area contributed by atoms with Gasteiger partial charge >= 0.3 is 0 Å². The molecule has 1 aliphatic carbocycles. The number of benzene rings is 1. The maximum atomic E-state index is 14.2. The lowest BCUT2D eigenvalue weighted by molar-refractivity contribution is -0.135. The Labute approximate surface area is 180 Å². The largest absolute Gasteiger partial charge is 0.364 e. The summed E-state index contributed by atoms with van der Waals surface area (Å²) in [6, 6.07) is 6.44. The fourth-order valence-electron chi connectivity index (χ4n) is 4.43. The highest BCUT2D eigenvalue weighted by molar-refractivity contribution is 5.77. The zero-order valence-corrected chi connectivity index (χ0v) is 17.4. The number of amides is 1. The van der Waals surface area contributed by atoms with E-state index < -0.39 is 0 Å². The van der Waals surface area contributed by atoms with Crippen molar-refractivity contribution in [3.05, 3.63) is 54.1 Å². The van der Waals surface area contributed by atoms with E-state index in [0.717, 1.165) is 43.7 Å². The van der Waals surface area contributed by atoms with E-state index in [1.165, 1.54) is 25.2 Å². The molecule has 31 heavy (non-hydrogen) atoms. The molecular weight excluding hydrogens is 397 g/mol. The Morgan fingerprint density at radius 3 is 2.90 bits per heavy atom. The number of aromatic nitrogens is 4. The van der Waals surface area contributed by atoms with Gasteiger partial charge < -0.3 is 14.0 Å². The summed E-state index contributed by atoms with van der Waals surface area (Å²) in [5.74, 6) is 1.34. The van der Waals surface area contributed by atoms with E-state index in [-0.39, 0.29) is 17.8 Å².